The van der Waals surface area contributed by atoms with Crippen LogP contribution >= 0.6 is 27.3 Å². The van der Waals surface area contributed by atoms with Gasteiger partial charge in [0.1, 0.15) is 0 Å². The predicted molar refractivity (Wildman–Crippen MR) is 62.0 cm³/mol. The minimum absolute atomic E-state index is 0.188. The molecule has 0 saturated carbocycles. The van der Waals surface area contributed by atoms with E-state index in [4.69, 9.17) is 0 Å². The Balaban J connectivity index is 2.24. The van der Waals surface area contributed by atoms with Gasteiger partial charge in [-0.1, -0.05) is 0 Å². The maximum Gasteiger partial charge on any atom is 0.188 e. The Labute approximate surface area is 98.5 Å². The van der Waals surface area contributed by atoms with Crippen LogP contribution in [0.5, 0.6) is 0 Å². The molecule has 0 radical (unpaired) electrons. The monoisotopic (exact) mass is 287 g/mol. The fourth-order valence-corrected chi connectivity index (χ4v) is 2.01. The van der Waals surface area contributed by atoms with Crippen LogP contribution in [0, 0.1) is 12.7 Å². The lowest BCUT2D eigenvalue weighted by molar-refractivity contribution is 0.625. The van der Waals surface area contributed by atoms with Gasteiger partial charge in [0.15, 0.2) is 16.8 Å². The smallest absolute Gasteiger partial charge is 0.188 e. The summed E-state index contributed by atoms with van der Waals surface area (Å²) in [6, 6.07) is 1.36. The first-order chi connectivity index (χ1) is 7.15. The number of hydrogen-bond acceptors (Lipinski definition) is 4. The third kappa shape index (κ3) is 2.51. The molecule has 1 N–H and O–H groups in total. The molecule has 78 valence electrons. The molecule has 2 aromatic heterocycles. The fraction of sp³-hybridized carbons (Fsp3) is 0.111. The molecule has 0 aliphatic heterocycles. The Bertz CT molecular complexity index is 486. The van der Waals surface area contributed by atoms with E-state index in [2.05, 4.69) is 31.2 Å². The quantitative estimate of drug-likeness (QED) is 0.919. The van der Waals surface area contributed by atoms with Crippen molar-refractivity contribution < 1.29 is 4.39 Å². The van der Waals surface area contributed by atoms with Crippen molar-refractivity contribution in [3.8, 4) is 0 Å². The van der Waals surface area contributed by atoms with Gasteiger partial charge in [0.05, 0.1) is 5.69 Å². The molecule has 0 unspecified atom stereocenters. The lowest BCUT2D eigenvalue weighted by atomic mass is 10.4. The molecular formula is C9H7BrFN3S. The van der Waals surface area contributed by atoms with Crippen LogP contribution in [0.25, 0.3) is 0 Å². The Hall–Kier alpha value is -1.01. The Morgan fingerprint density at radius 2 is 2.33 bits per heavy atom. The number of pyridine rings is 1. The average molecular weight is 288 g/mol. The molecule has 2 aromatic rings. The van der Waals surface area contributed by atoms with Gasteiger partial charge in [-0.3, -0.25) is 0 Å². The SMILES string of the molecule is Cc1csc(Nc2ncc(Br)cc2F)n1. The van der Waals surface area contributed by atoms with Crippen molar-refractivity contribution in [3.63, 3.8) is 0 Å². The summed E-state index contributed by atoms with van der Waals surface area (Å²) in [4.78, 5) is 8.07. The molecule has 0 amide bonds. The number of anilines is 2. The maximum atomic E-state index is 13.4. The Kier molecular flexibility index (Phi) is 2.97. The highest BCUT2D eigenvalue weighted by molar-refractivity contribution is 9.10. The molecule has 15 heavy (non-hydrogen) atoms. The number of halogens is 2. The number of rotatable bonds is 2. The molecule has 0 aliphatic carbocycles. The molecule has 0 saturated heterocycles. The normalized spacial score (nSPS) is 10.3. The minimum atomic E-state index is -0.405. The number of aromatic nitrogens is 2. The highest BCUT2D eigenvalue weighted by Crippen LogP contribution is 2.22. The van der Waals surface area contributed by atoms with Gasteiger partial charge in [0.25, 0.3) is 0 Å². The minimum Gasteiger partial charge on any atom is -0.314 e. The average Bonchev–Trinajstić information content (AvgIpc) is 2.56. The van der Waals surface area contributed by atoms with Crippen LogP contribution in [-0.2, 0) is 0 Å². The van der Waals surface area contributed by atoms with Crippen molar-refractivity contribution in [2.45, 2.75) is 6.92 Å². The van der Waals surface area contributed by atoms with E-state index >= 15 is 0 Å². The van der Waals surface area contributed by atoms with E-state index in [1.807, 2.05) is 12.3 Å². The third-order valence-electron chi connectivity index (χ3n) is 1.65. The summed E-state index contributed by atoms with van der Waals surface area (Å²) < 4.78 is 14.0. The lowest BCUT2D eigenvalue weighted by Gasteiger charge is -2.02. The van der Waals surface area contributed by atoms with Crippen LogP contribution in [0.1, 0.15) is 5.69 Å². The third-order valence-corrected chi connectivity index (χ3v) is 2.96. The molecule has 0 fully saturated rings. The molecule has 2 rings (SSSR count). The van der Waals surface area contributed by atoms with Crippen molar-refractivity contribution in [1.82, 2.24) is 9.97 Å². The van der Waals surface area contributed by atoms with Crippen LogP contribution in [-0.4, -0.2) is 9.97 Å². The number of thiazole rings is 1. The van der Waals surface area contributed by atoms with Crippen molar-refractivity contribution in [1.29, 1.82) is 0 Å². The summed E-state index contributed by atoms with van der Waals surface area (Å²) in [5.74, 6) is -0.218. The van der Waals surface area contributed by atoms with Crippen molar-refractivity contribution in [2.24, 2.45) is 0 Å². The van der Waals surface area contributed by atoms with E-state index < -0.39 is 5.82 Å². The van der Waals surface area contributed by atoms with E-state index in [0.717, 1.165) is 5.69 Å². The number of nitrogens with one attached hydrogen (secondary N) is 1. The predicted octanol–water partition coefficient (Wildman–Crippen LogP) is 3.49. The standard InChI is InChI=1S/C9H7BrFN3S/c1-5-4-15-9(13-5)14-8-7(11)2-6(10)3-12-8/h2-4H,1H3,(H,12,13,14). The molecule has 3 nitrogen and oxygen atoms in total. The van der Waals surface area contributed by atoms with Crippen LogP contribution in [0.15, 0.2) is 22.1 Å². The summed E-state index contributed by atoms with van der Waals surface area (Å²) >= 11 is 4.56. The lowest BCUT2D eigenvalue weighted by Crippen LogP contribution is -1.96. The first-order valence-corrected chi connectivity index (χ1v) is 5.82. The Morgan fingerprint density at radius 3 is 2.93 bits per heavy atom. The fourth-order valence-electron chi connectivity index (χ4n) is 1.02. The van der Waals surface area contributed by atoms with Crippen molar-refractivity contribution in [3.05, 3.63) is 33.6 Å². The molecular weight excluding hydrogens is 281 g/mol. The van der Waals surface area contributed by atoms with Gasteiger partial charge in [-0.15, -0.1) is 11.3 Å². The van der Waals surface area contributed by atoms with E-state index in [-0.39, 0.29) is 5.82 Å². The first-order valence-electron chi connectivity index (χ1n) is 4.15. The van der Waals surface area contributed by atoms with Gasteiger partial charge in [0.2, 0.25) is 0 Å². The van der Waals surface area contributed by atoms with Crippen LogP contribution in [0.2, 0.25) is 0 Å². The van der Waals surface area contributed by atoms with Gasteiger partial charge < -0.3 is 5.32 Å². The van der Waals surface area contributed by atoms with Crippen LogP contribution in [0.4, 0.5) is 15.3 Å². The van der Waals surface area contributed by atoms with Crippen LogP contribution in [0.3, 0.4) is 0 Å². The summed E-state index contributed by atoms with van der Waals surface area (Å²) in [6.45, 7) is 1.88. The van der Waals surface area contributed by atoms with Gasteiger partial charge in [-0.2, -0.15) is 0 Å². The number of hydrogen-bond donors (Lipinski definition) is 1. The number of nitrogens with zero attached hydrogens (tertiary/aromatic N) is 2. The summed E-state index contributed by atoms with van der Waals surface area (Å²) in [7, 11) is 0. The molecule has 0 atom stereocenters. The molecule has 0 spiro atoms. The molecule has 2 heterocycles. The summed E-state index contributed by atoms with van der Waals surface area (Å²) in [6.07, 6.45) is 1.53. The Morgan fingerprint density at radius 1 is 1.53 bits per heavy atom. The highest BCUT2D eigenvalue weighted by Gasteiger charge is 2.06. The second-order valence-corrected chi connectivity index (χ2v) is 4.68. The van der Waals surface area contributed by atoms with Crippen LogP contribution < -0.4 is 5.32 Å². The molecule has 0 aliphatic rings. The second-order valence-electron chi connectivity index (χ2n) is 2.90. The molecule has 6 heteroatoms. The van der Waals surface area contributed by atoms with E-state index in [1.165, 1.54) is 23.6 Å². The molecule has 0 bridgehead atoms. The van der Waals surface area contributed by atoms with Crippen molar-refractivity contribution >= 4 is 38.2 Å². The second kappa shape index (κ2) is 4.24. The number of aryl methyl sites for hydroxylation is 1. The van der Waals surface area contributed by atoms with E-state index in [1.54, 1.807) is 0 Å². The van der Waals surface area contributed by atoms with Gasteiger partial charge >= 0.3 is 0 Å². The van der Waals surface area contributed by atoms with Gasteiger partial charge in [-0.25, -0.2) is 14.4 Å². The maximum absolute atomic E-state index is 13.4. The highest BCUT2D eigenvalue weighted by atomic mass is 79.9. The zero-order valence-corrected chi connectivity index (χ0v) is 10.2. The van der Waals surface area contributed by atoms with Crippen molar-refractivity contribution in [2.75, 3.05) is 5.32 Å². The summed E-state index contributed by atoms with van der Waals surface area (Å²) in [5.41, 5.74) is 0.903. The summed E-state index contributed by atoms with van der Waals surface area (Å²) in [5, 5.41) is 5.35. The zero-order valence-electron chi connectivity index (χ0n) is 7.79. The molecule has 0 aromatic carbocycles. The van der Waals surface area contributed by atoms with E-state index in [9.17, 15) is 4.39 Å². The largest absolute Gasteiger partial charge is 0.314 e. The van der Waals surface area contributed by atoms with E-state index in [0.29, 0.717) is 9.60 Å². The van der Waals surface area contributed by atoms with Gasteiger partial charge in [-0.05, 0) is 28.9 Å². The van der Waals surface area contributed by atoms with Gasteiger partial charge in [0, 0.05) is 16.0 Å². The first kappa shape index (κ1) is 10.5. The topological polar surface area (TPSA) is 37.8 Å². The zero-order chi connectivity index (χ0) is 10.8.